The molecule has 0 fully saturated rings. The maximum Gasteiger partial charge on any atom is 0.257 e. The van der Waals surface area contributed by atoms with Gasteiger partial charge in [0.15, 0.2) is 0 Å². The molecule has 1 aromatic heterocycles. The highest BCUT2D eigenvalue weighted by atomic mass is 19.1. The van der Waals surface area contributed by atoms with Gasteiger partial charge in [-0.3, -0.25) is 4.79 Å². The van der Waals surface area contributed by atoms with E-state index >= 15 is 0 Å². The molecule has 22 heavy (non-hydrogen) atoms. The lowest BCUT2D eigenvalue weighted by molar-refractivity contribution is 0.0715. The second-order valence-electron chi connectivity index (χ2n) is 5.16. The fourth-order valence-electron chi connectivity index (χ4n) is 2.31. The van der Waals surface area contributed by atoms with E-state index in [0.29, 0.717) is 26.1 Å². The zero-order valence-corrected chi connectivity index (χ0v) is 13.0. The molecule has 1 amide bonds. The van der Waals surface area contributed by atoms with Crippen molar-refractivity contribution in [3.63, 3.8) is 0 Å². The van der Waals surface area contributed by atoms with Crippen molar-refractivity contribution < 1.29 is 13.9 Å². The Bertz CT molecular complexity index is 625. The van der Waals surface area contributed by atoms with Gasteiger partial charge < -0.3 is 14.2 Å². The van der Waals surface area contributed by atoms with Crippen molar-refractivity contribution in [1.82, 2.24) is 9.47 Å². The van der Waals surface area contributed by atoms with Crippen LogP contribution in [0.15, 0.2) is 42.6 Å². The minimum atomic E-state index is -0.490. The zero-order valence-electron chi connectivity index (χ0n) is 13.0. The molecule has 0 bridgehead atoms. The van der Waals surface area contributed by atoms with Crippen LogP contribution in [0, 0.1) is 5.82 Å². The quantitative estimate of drug-likeness (QED) is 0.737. The van der Waals surface area contributed by atoms with Gasteiger partial charge in [-0.25, -0.2) is 4.39 Å². The molecule has 0 radical (unpaired) electrons. The van der Waals surface area contributed by atoms with Crippen LogP contribution >= 0.6 is 0 Å². The summed E-state index contributed by atoms with van der Waals surface area (Å²) in [6, 6.07) is 9.97. The number of hydrogen-bond acceptors (Lipinski definition) is 2. The largest absolute Gasteiger partial charge is 0.385 e. The molecule has 0 spiro atoms. The van der Waals surface area contributed by atoms with Gasteiger partial charge in [-0.1, -0.05) is 12.1 Å². The molecule has 0 saturated carbocycles. The molecule has 118 valence electrons. The Kier molecular flexibility index (Phi) is 5.72. The summed E-state index contributed by atoms with van der Waals surface area (Å²) in [7, 11) is 3.55. The Morgan fingerprint density at radius 1 is 1.27 bits per heavy atom. The average molecular weight is 304 g/mol. The third kappa shape index (κ3) is 3.95. The number of methoxy groups -OCH3 is 1. The number of ether oxygens (including phenoxy) is 1. The highest BCUT2D eigenvalue weighted by molar-refractivity contribution is 5.94. The van der Waals surface area contributed by atoms with Gasteiger partial charge in [-0.05, 0) is 30.7 Å². The number of halogens is 1. The number of benzene rings is 1. The number of aryl methyl sites for hydroxylation is 1. The highest BCUT2D eigenvalue weighted by Crippen LogP contribution is 2.14. The lowest BCUT2D eigenvalue weighted by Gasteiger charge is -2.23. The van der Waals surface area contributed by atoms with Crippen molar-refractivity contribution in [3.8, 4) is 0 Å². The maximum absolute atomic E-state index is 13.9. The maximum atomic E-state index is 13.9. The van der Waals surface area contributed by atoms with E-state index in [0.717, 1.165) is 5.69 Å². The Hall–Kier alpha value is -2.14. The molecule has 4 nitrogen and oxygen atoms in total. The highest BCUT2D eigenvalue weighted by Gasteiger charge is 2.19. The van der Waals surface area contributed by atoms with Crippen LogP contribution in [0.5, 0.6) is 0 Å². The van der Waals surface area contributed by atoms with Gasteiger partial charge in [0.25, 0.3) is 5.91 Å². The summed E-state index contributed by atoms with van der Waals surface area (Å²) in [5, 5.41) is 0. The predicted molar refractivity (Wildman–Crippen MR) is 83.0 cm³/mol. The smallest absolute Gasteiger partial charge is 0.257 e. The summed E-state index contributed by atoms with van der Waals surface area (Å²) in [5.41, 5.74) is 1.11. The number of rotatable bonds is 7. The first-order valence-corrected chi connectivity index (χ1v) is 7.26. The Morgan fingerprint density at radius 2 is 2.05 bits per heavy atom. The molecule has 0 N–H and O–H groups in total. The van der Waals surface area contributed by atoms with E-state index in [2.05, 4.69) is 0 Å². The normalized spacial score (nSPS) is 10.7. The Labute approximate surface area is 130 Å². The van der Waals surface area contributed by atoms with E-state index in [1.54, 1.807) is 24.1 Å². The fourth-order valence-corrected chi connectivity index (χ4v) is 2.31. The van der Waals surface area contributed by atoms with Crippen LogP contribution in [0.25, 0.3) is 0 Å². The molecular weight excluding hydrogens is 283 g/mol. The first-order chi connectivity index (χ1) is 10.6. The molecule has 0 atom stereocenters. The monoisotopic (exact) mass is 304 g/mol. The van der Waals surface area contributed by atoms with Gasteiger partial charge in [0.1, 0.15) is 5.82 Å². The van der Waals surface area contributed by atoms with E-state index < -0.39 is 5.82 Å². The van der Waals surface area contributed by atoms with Crippen molar-refractivity contribution in [1.29, 1.82) is 0 Å². The first-order valence-electron chi connectivity index (χ1n) is 7.26. The van der Waals surface area contributed by atoms with Crippen LogP contribution in [-0.2, 0) is 18.3 Å². The van der Waals surface area contributed by atoms with Gasteiger partial charge in [-0.15, -0.1) is 0 Å². The molecular formula is C17H21FN2O2. The van der Waals surface area contributed by atoms with Gasteiger partial charge in [0, 0.05) is 39.2 Å². The van der Waals surface area contributed by atoms with Crippen molar-refractivity contribution in [2.45, 2.75) is 13.0 Å². The van der Waals surface area contributed by atoms with Crippen LogP contribution in [-0.4, -0.2) is 35.6 Å². The van der Waals surface area contributed by atoms with E-state index in [1.807, 2.05) is 29.9 Å². The molecule has 0 saturated heterocycles. The summed E-state index contributed by atoms with van der Waals surface area (Å²) < 4.78 is 20.9. The van der Waals surface area contributed by atoms with Gasteiger partial charge in [0.05, 0.1) is 12.1 Å². The van der Waals surface area contributed by atoms with Crippen molar-refractivity contribution >= 4 is 5.91 Å². The van der Waals surface area contributed by atoms with Crippen LogP contribution in [0.1, 0.15) is 22.5 Å². The molecule has 1 aromatic carbocycles. The van der Waals surface area contributed by atoms with Crippen LogP contribution in [0.2, 0.25) is 0 Å². The van der Waals surface area contributed by atoms with Crippen molar-refractivity contribution in [2.24, 2.45) is 7.05 Å². The molecule has 1 heterocycles. The third-order valence-corrected chi connectivity index (χ3v) is 3.57. The Morgan fingerprint density at radius 3 is 2.68 bits per heavy atom. The average Bonchev–Trinajstić information content (AvgIpc) is 2.91. The summed E-state index contributed by atoms with van der Waals surface area (Å²) in [6.45, 7) is 1.53. The number of nitrogens with zero attached hydrogens (tertiary/aromatic N) is 2. The molecule has 0 aliphatic carbocycles. The minimum Gasteiger partial charge on any atom is -0.385 e. The summed E-state index contributed by atoms with van der Waals surface area (Å²) >= 11 is 0. The molecule has 2 rings (SSSR count). The predicted octanol–water partition coefficient (Wildman–Crippen LogP) is 2.84. The standard InChI is InChI=1S/C17H21FN2O2/c1-19-10-5-7-14(19)13-20(11-6-12-22-2)17(21)15-8-3-4-9-16(15)18/h3-5,7-10H,6,11-13H2,1-2H3. The van der Waals surface area contributed by atoms with Crippen molar-refractivity contribution in [2.75, 3.05) is 20.3 Å². The SMILES string of the molecule is COCCCN(Cc1cccn1C)C(=O)c1ccccc1F. The van der Waals surface area contributed by atoms with Gasteiger partial charge >= 0.3 is 0 Å². The molecule has 5 heteroatoms. The first kappa shape index (κ1) is 16.2. The van der Waals surface area contributed by atoms with E-state index in [1.165, 1.54) is 12.1 Å². The van der Waals surface area contributed by atoms with Crippen LogP contribution in [0.4, 0.5) is 4.39 Å². The van der Waals surface area contributed by atoms with E-state index in [-0.39, 0.29) is 11.5 Å². The Balaban J connectivity index is 2.18. The van der Waals surface area contributed by atoms with E-state index in [9.17, 15) is 9.18 Å². The molecule has 2 aromatic rings. The summed E-state index contributed by atoms with van der Waals surface area (Å²) in [4.78, 5) is 14.3. The third-order valence-electron chi connectivity index (χ3n) is 3.57. The number of carbonyl (C=O) groups excluding carboxylic acids is 1. The molecule has 0 aliphatic rings. The number of carbonyl (C=O) groups is 1. The fraction of sp³-hybridized carbons (Fsp3) is 0.353. The number of aromatic nitrogens is 1. The second-order valence-corrected chi connectivity index (χ2v) is 5.16. The summed E-state index contributed by atoms with van der Waals surface area (Å²) in [5.74, 6) is -0.786. The van der Waals surface area contributed by atoms with Gasteiger partial charge in [-0.2, -0.15) is 0 Å². The van der Waals surface area contributed by atoms with Crippen LogP contribution < -0.4 is 0 Å². The number of amides is 1. The number of hydrogen-bond donors (Lipinski definition) is 0. The topological polar surface area (TPSA) is 34.5 Å². The molecule has 0 unspecified atom stereocenters. The summed E-state index contributed by atoms with van der Waals surface area (Å²) in [6.07, 6.45) is 2.64. The lowest BCUT2D eigenvalue weighted by Crippen LogP contribution is -2.33. The van der Waals surface area contributed by atoms with Gasteiger partial charge in [0.2, 0.25) is 0 Å². The second kappa shape index (κ2) is 7.75. The van der Waals surface area contributed by atoms with E-state index in [4.69, 9.17) is 4.74 Å². The molecule has 0 aliphatic heterocycles. The van der Waals surface area contributed by atoms with Crippen molar-refractivity contribution in [3.05, 3.63) is 59.7 Å². The zero-order chi connectivity index (χ0) is 15.9. The lowest BCUT2D eigenvalue weighted by atomic mass is 10.1. The van der Waals surface area contributed by atoms with Crippen LogP contribution in [0.3, 0.4) is 0 Å². The minimum absolute atomic E-state index is 0.106.